The molecule has 1 aromatic heterocycles. The molecule has 0 aliphatic rings. The number of anilines is 1. The van der Waals surface area contributed by atoms with Crippen LogP contribution in [-0.4, -0.2) is 28.9 Å². The molecule has 0 saturated carbocycles. The number of methoxy groups -OCH3 is 1. The molecule has 1 N–H and O–H groups in total. The molecule has 1 heterocycles. The molecule has 0 amide bonds. The van der Waals surface area contributed by atoms with Gasteiger partial charge in [0, 0.05) is 17.4 Å². The average molecular weight is 280 g/mol. The van der Waals surface area contributed by atoms with Gasteiger partial charge in [-0.05, 0) is 31.2 Å². The molecule has 6 heteroatoms. The van der Waals surface area contributed by atoms with Crippen LogP contribution in [0.3, 0.4) is 0 Å². The highest BCUT2D eigenvalue weighted by molar-refractivity contribution is 6.31. The molecule has 1 aromatic carbocycles. The van der Waals surface area contributed by atoms with Gasteiger partial charge in [0.15, 0.2) is 0 Å². The Kier molecular flexibility index (Phi) is 4.06. The van der Waals surface area contributed by atoms with E-state index in [1.165, 1.54) is 7.11 Å². The van der Waals surface area contributed by atoms with Crippen LogP contribution < -0.4 is 5.32 Å². The Balaban J connectivity index is 2.33. The third kappa shape index (κ3) is 3.06. The number of esters is 1. The van der Waals surface area contributed by atoms with Gasteiger partial charge in [0.2, 0.25) is 0 Å². The van der Waals surface area contributed by atoms with Crippen molar-refractivity contribution in [2.75, 3.05) is 12.4 Å². The van der Waals surface area contributed by atoms with E-state index in [0.29, 0.717) is 10.7 Å². The molecule has 0 aliphatic heterocycles. The predicted molar refractivity (Wildman–Crippen MR) is 73.7 cm³/mol. The van der Waals surface area contributed by atoms with E-state index in [2.05, 4.69) is 15.2 Å². The van der Waals surface area contributed by atoms with Crippen LogP contribution in [0.15, 0.2) is 36.7 Å². The molecular formula is C13H14ClN3O2. The lowest BCUT2D eigenvalue weighted by Gasteiger charge is -2.16. The zero-order chi connectivity index (χ0) is 13.8. The van der Waals surface area contributed by atoms with Gasteiger partial charge < -0.3 is 10.1 Å². The lowest BCUT2D eigenvalue weighted by molar-refractivity contribution is -0.141. The summed E-state index contributed by atoms with van der Waals surface area (Å²) in [6.45, 7) is 1.72. The summed E-state index contributed by atoms with van der Waals surface area (Å²) in [5.74, 6) is -0.341. The maximum atomic E-state index is 11.5. The van der Waals surface area contributed by atoms with Crippen LogP contribution in [-0.2, 0) is 9.53 Å². The standard InChI is InChI=1S/C13H14ClN3O2/c1-9(13(18)19-2)16-11-8-10(14)4-5-12(11)17-7-3-6-15-17/h3-9,16H,1-2H3. The van der Waals surface area contributed by atoms with Crippen molar-refractivity contribution in [3.63, 3.8) is 0 Å². The molecule has 0 radical (unpaired) electrons. The number of nitrogens with one attached hydrogen (secondary N) is 1. The minimum atomic E-state index is -0.474. The number of carbonyl (C=O) groups excluding carboxylic acids is 1. The van der Waals surface area contributed by atoms with Crippen molar-refractivity contribution < 1.29 is 9.53 Å². The molecule has 100 valence electrons. The fourth-order valence-corrected chi connectivity index (χ4v) is 1.88. The number of aromatic nitrogens is 2. The number of carbonyl (C=O) groups is 1. The van der Waals surface area contributed by atoms with Gasteiger partial charge in [0.1, 0.15) is 6.04 Å². The number of benzene rings is 1. The number of rotatable bonds is 4. The minimum Gasteiger partial charge on any atom is -0.467 e. The van der Waals surface area contributed by atoms with Gasteiger partial charge in [-0.3, -0.25) is 0 Å². The summed E-state index contributed by atoms with van der Waals surface area (Å²) in [5, 5.41) is 7.82. The van der Waals surface area contributed by atoms with E-state index in [1.807, 2.05) is 18.3 Å². The summed E-state index contributed by atoms with van der Waals surface area (Å²) in [5.41, 5.74) is 1.53. The maximum absolute atomic E-state index is 11.5. The Morgan fingerprint density at radius 2 is 2.32 bits per heavy atom. The lowest BCUT2D eigenvalue weighted by Crippen LogP contribution is -2.27. The first kappa shape index (κ1) is 13.4. The number of hydrogen-bond acceptors (Lipinski definition) is 4. The van der Waals surface area contributed by atoms with Gasteiger partial charge in [0.25, 0.3) is 0 Å². The first-order chi connectivity index (χ1) is 9.11. The van der Waals surface area contributed by atoms with Crippen molar-refractivity contribution in [1.82, 2.24) is 9.78 Å². The van der Waals surface area contributed by atoms with E-state index in [9.17, 15) is 4.79 Å². The van der Waals surface area contributed by atoms with Crippen molar-refractivity contribution in [1.29, 1.82) is 0 Å². The highest BCUT2D eigenvalue weighted by Gasteiger charge is 2.15. The first-order valence-corrected chi connectivity index (χ1v) is 6.13. The fraction of sp³-hybridized carbons (Fsp3) is 0.231. The summed E-state index contributed by atoms with van der Waals surface area (Å²) in [4.78, 5) is 11.5. The average Bonchev–Trinajstić information content (AvgIpc) is 2.91. The van der Waals surface area contributed by atoms with E-state index in [-0.39, 0.29) is 5.97 Å². The van der Waals surface area contributed by atoms with Crippen LogP contribution in [0, 0.1) is 0 Å². The second-order valence-corrected chi connectivity index (χ2v) is 4.44. The van der Waals surface area contributed by atoms with E-state index in [4.69, 9.17) is 11.6 Å². The summed E-state index contributed by atoms with van der Waals surface area (Å²) < 4.78 is 6.39. The summed E-state index contributed by atoms with van der Waals surface area (Å²) >= 11 is 5.99. The van der Waals surface area contributed by atoms with Crippen LogP contribution in [0.1, 0.15) is 6.92 Å². The largest absolute Gasteiger partial charge is 0.467 e. The highest BCUT2D eigenvalue weighted by atomic mass is 35.5. The fourth-order valence-electron chi connectivity index (χ4n) is 1.70. The molecule has 0 fully saturated rings. The molecule has 19 heavy (non-hydrogen) atoms. The second-order valence-electron chi connectivity index (χ2n) is 4.00. The Labute approximate surface area is 116 Å². The van der Waals surface area contributed by atoms with E-state index < -0.39 is 6.04 Å². The number of halogens is 1. The van der Waals surface area contributed by atoms with Gasteiger partial charge in [-0.2, -0.15) is 5.10 Å². The molecule has 2 rings (SSSR count). The Morgan fingerprint density at radius 1 is 1.53 bits per heavy atom. The predicted octanol–water partition coefficient (Wildman–Crippen LogP) is 2.50. The van der Waals surface area contributed by atoms with Crippen molar-refractivity contribution in [3.05, 3.63) is 41.7 Å². The SMILES string of the molecule is COC(=O)C(C)Nc1cc(Cl)ccc1-n1cccn1. The van der Waals surface area contributed by atoms with Gasteiger partial charge in [-0.25, -0.2) is 9.48 Å². The Morgan fingerprint density at radius 3 is 2.95 bits per heavy atom. The van der Waals surface area contributed by atoms with Crippen molar-refractivity contribution in [2.45, 2.75) is 13.0 Å². The van der Waals surface area contributed by atoms with Crippen LogP contribution in [0.4, 0.5) is 5.69 Å². The molecule has 0 spiro atoms. The summed E-state index contributed by atoms with van der Waals surface area (Å²) in [6, 6.07) is 6.70. The number of hydrogen-bond donors (Lipinski definition) is 1. The smallest absolute Gasteiger partial charge is 0.327 e. The molecule has 0 bridgehead atoms. The van der Waals surface area contributed by atoms with Gasteiger partial charge in [-0.15, -0.1) is 0 Å². The maximum Gasteiger partial charge on any atom is 0.327 e. The van der Waals surface area contributed by atoms with E-state index in [1.54, 1.807) is 29.9 Å². The van der Waals surface area contributed by atoms with E-state index in [0.717, 1.165) is 5.69 Å². The third-order valence-electron chi connectivity index (χ3n) is 2.64. The molecule has 5 nitrogen and oxygen atoms in total. The monoisotopic (exact) mass is 279 g/mol. The summed E-state index contributed by atoms with van der Waals surface area (Å²) in [6.07, 6.45) is 3.50. The molecule has 1 unspecified atom stereocenters. The second kappa shape index (κ2) is 5.75. The lowest BCUT2D eigenvalue weighted by atomic mass is 10.2. The van der Waals surface area contributed by atoms with Crippen LogP contribution >= 0.6 is 11.6 Å². The van der Waals surface area contributed by atoms with Gasteiger partial charge in [0.05, 0.1) is 18.5 Å². The van der Waals surface area contributed by atoms with Crippen molar-refractivity contribution >= 4 is 23.3 Å². The topological polar surface area (TPSA) is 56.1 Å². The van der Waals surface area contributed by atoms with Crippen LogP contribution in [0.25, 0.3) is 5.69 Å². The minimum absolute atomic E-state index is 0.341. The third-order valence-corrected chi connectivity index (χ3v) is 2.87. The number of nitrogens with zero attached hydrogens (tertiary/aromatic N) is 2. The van der Waals surface area contributed by atoms with Crippen LogP contribution in [0.5, 0.6) is 0 Å². The van der Waals surface area contributed by atoms with Crippen molar-refractivity contribution in [2.24, 2.45) is 0 Å². The first-order valence-electron chi connectivity index (χ1n) is 5.75. The Hall–Kier alpha value is -2.01. The molecule has 0 aliphatic carbocycles. The number of ether oxygens (including phenoxy) is 1. The summed E-state index contributed by atoms with van der Waals surface area (Å²) in [7, 11) is 1.35. The zero-order valence-electron chi connectivity index (χ0n) is 10.6. The molecule has 0 saturated heterocycles. The molecule has 2 aromatic rings. The quantitative estimate of drug-likeness (QED) is 0.874. The van der Waals surface area contributed by atoms with Gasteiger partial charge >= 0.3 is 5.97 Å². The highest BCUT2D eigenvalue weighted by Crippen LogP contribution is 2.24. The Bertz CT molecular complexity index is 569. The zero-order valence-corrected chi connectivity index (χ0v) is 11.4. The molecule has 1 atom stereocenters. The van der Waals surface area contributed by atoms with Crippen molar-refractivity contribution in [3.8, 4) is 5.69 Å². The molecular weight excluding hydrogens is 266 g/mol. The van der Waals surface area contributed by atoms with E-state index >= 15 is 0 Å². The normalized spacial score (nSPS) is 11.9. The van der Waals surface area contributed by atoms with Gasteiger partial charge in [-0.1, -0.05) is 11.6 Å². The van der Waals surface area contributed by atoms with Crippen LogP contribution in [0.2, 0.25) is 5.02 Å².